The molecule has 4 heteroatoms. The predicted octanol–water partition coefficient (Wildman–Crippen LogP) is 8.75. The van der Waals surface area contributed by atoms with Gasteiger partial charge in [-0.3, -0.25) is 4.98 Å². The Hall–Kier alpha value is -5.48. The van der Waals surface area contributed by atoms with Gasteiger partial charge in [0.25, 0.3) is 0 Å². The van der Waals surface area contributed by atoms with Gasteiger partial charge in [-0.1, -0.05) is 127 Å². The lowest BCUT2D eigenvalue weighted by Crippen LogP contribution is -2.00. The maximum Gasteiger partial charge on any atom is 0.164 e. The average molecular weight is 513 g/mol. The lowest BCUT2D eigenvalue weighted by molar-refractivity contribution is 1.07. The number of hydrogen-bond acceptors (Lipinski definition) is 4. The maximum atomic E-state index is 4.96. The molecule has 0 aliphatic carbocycles. The summed E-state index contributed by atoms with van der Waals surface area (Å²) in [6, 6.07) is 47.4. The molecule has 7 rings (SSSR count). The van der Waals surface area contributed by atoms with Gasteiger partial charge in [0, 0.05) is 33.8 Å². The van der Waals surface area contributed by atoms with Crippen LogP contribution in [-0.2, 0) is 0 Å². The van der Waals surface area contributed by atoms with Gasteiger partial charge in [0.05, 0.1) is 5.69 Å². The Morgan fingerprint density at radius 3 is 1.57 bits per heavy atom. The van der Waals surface area contributed by atoms with Gasteiger partial charge in [0.2, 0.25) is 0 Å². The molecule has 40 heavy (non-hydrogen) atoms. The summed E-state index contributed by atoms with van der Waals surface area (Å²) in [4.78, 5) is 19.5. The summed E-state index contributed by atoms with van der Waals surface area (Å²) in [5.41, 5.74) is 7.08. The first kappa shape index (κ1) is 23.6. The van der Waals surface area contributed by atoms with Crippen LogP contribution in [0.25, 0.3) is 67.3 Å². The van der Waals surface area contributed by atoms with Crippen LogP contribution >= 0.6 is 0 Å². The predicted molar refractivity (Wildman–Crippen MR) is 162 cm³/mol. The molecular formula is C36H24N4. The van der Waals surface area contributed by atoms with Crippen molar-refractivity contribution in [2.24, 2.45) is 0 Å². The molecule has 0 amide bonds. The van der Waals surface area contributed by atoms with Crippen molar-refractivity contribution in [1.82, 2.24) is 19.9 Å². The monoisotopic (exact) mass is 512 g/mol. The molecule has 7 aromatic rings. The summed E-state index contributed by atoms with van der Waals surface area (Å²) in [5.74, 6) is 1.90. The van der Waals surface area contributed by atoms with Crippen LogP contribution in [0.1, 0.15) is 0 Å². The minimum Gasteiger partial charge on any atom is -0.256 e. The zero-order valence-corrected chi connectivity index (χ0v) is 21.6. The molecule has 2 heterocycles. The topological polar surface area (TPSA) is 51.6 Å². The first-order chi connectivity index (χ1) is 19.8. The molecule has 0 radical (unpaired) electrons. The third-order valence-electron chi connectivity index (χ3n) is 6.99. The van der Waals surface area contributed by atoms with E-state index in [1.807, 2.05) is 72.9 Å². The minimum absolute atomic E-state index is 0.623. The van der Waals surface area contributed by atoms with Crippen LogP contribution in [0.2, 0.25) is 0 Å². The number of fused-ring (bicyclic) bond motifs is 1. The molecule has 0 atom stereocenters. The summed E-state index contributed by atoms with van der Waals surface area (Å²) in [6.45, 7) is 0. The van der Waals surface area contributed by atoms with Gasteiger partial charge in [-0.05, 0) is 28.6 Å². The Kier molecular flexibility index (Phi) is 6.11. The number of rotatable bonds is 5. The Morgan fingerprint density at radius 1 is 0.350 bits per heavy atom. The second-order valence-corrected chi connectivity index (χ2v) is 9.58. The van der Waals surface area contributed by atoms with Gasteiger partial charge in [0.15, 0.2) is 17.5 Å². The number of benzene rings is 5. The van der Waals surface area contributed by atoms with E-state index in [0.29, 0.717) is 17.5 Å². The average Bonchev–Trinajstić information content (AvgIpc) is 3.05. The highest BCUT2D eigenvalue weighted by atomic mass is 15.0. The number of hydrogen-bond donors (Lipinski definition) is 0. The van der Waals surface area contributed by atoms with Crippen LogP contribution in [-0.4, -0.2) is 19.9 Å². The molecule has 4 nitrogen and oxygen atoms in total. The first-order valence-electron chi connectivity index (χ1n) is 13.2. The third kappa shape index (κ3) is 4.63. The fourth-order valence-electron chi connectivity index (χ4n) is 4.95. The Balaban J connectivity index is 1.34. The first-order valence-corrected chi connectivity index (χ1v) is 13.2. The fraction of sp³-hybridized carbons (Fsp3) is 0. The van der Waals surface area contributed by atoms with Crippen LogP contribution in [0.15, 0.2) is 146 Å². The third-order valence-corrected chi connectivity index (χ3v) is 6.99. The molecular weight excluding hydrogens is 488 g/mol. The molecule has 0 spiro atoms. The molecule has 2 aromatic heterocycles. The van der Waals surface area contributed by atoms with Crippen molar-refractivity contribution in [2.75, 3.05) is 0 Å². The standard InChI is InChI=1S/C36H24N4/c1-3-10-25(11-4-1)26-18-20-29(21-19-26)35-38-34(28-13-5-2-6-14-28)39-36(40-35)31-16-9-15-30(24-31)33-32-17-8-7-12-27(32)22-23-37-33/h1-24H. The fourth-order valence-corrected chi connectivity index (χ4v) is 4.95. The second kappa shape index (κ2) is 10.4. The van der Waals surface area contributed by atoms with E-state index in [1.165, 1.54) is 5.56 Å². The molecule has 0 unspecified atom stereocenters. The SMILES string of the molecule is c1ccc(-c2ccc(-c3nc(-c4ccccc4)nc(-c4cccc(-c5nccc6ccccc56)c4)n3)cc2)cc1. The van der Waals surface area contributed by atoms with Gasteiger partial charge in [-0.25, -0.2) is 15.0 Å². The molecule has 0 aliphatic rings. The number of pyridine rings is 1. The Morgan fingerprint density at radius 2 is 0.850 bits per heavy atom. The highest BCUT2D eigenvalue weighted by Gasteiger charge is 2.14. The Bertz CT molecular complexity index is 1930. The van der Waals surface area contributed by atoms with E-state index in [2.05, 4.69) is 72.8 Å². The van der Waals surface area contributed by atoms with E-state index < -0.39 is 0 Å². The van der Waals surface area contributed by atoms with Crippen LogP contribution < -0.4 is 0 Å². The van der Waals surface area contributed by atoms with Gasteiger partial charge in [-0.2, -0.15) is 0 Å². The normalized spacial score (nSPS) is 11.0. The molecule has 0 saturated heterocycles. The smallest absolute Gasteiger partial charge is 0.164 e. The van der Waals surface area contributed by atoms with E-state index in [9.17, 15) is 0 Å². The summed E-state index contributed by atoms with van der Waals surface area (Å²) in [6.07, 6.45) is 1.86. The quantitative estimate of drug-likeness (QED) is 0.231. The number of nitrogens with zero attached hydrogens (tertiary/aromatic N) is 4. The molecule has 0 fully saturated rings. The van der Waals surface area contributed by atoms with E-state index in [-0.39, 0.29) is 0 Å². The molecule has 0 N–H and O–H groups in total. The zero-order chi connectivity index (χ0) is 26.7. The maximum absolute atomic E-state index is 4.96. The highest BCUT2D eigenvalue weighted by Crippen LogP contribution is 2.31. The van der Waals surface area contributed by atoms with E-state index in [1.54, 1.807) is 0 Å². The van der Waals surface area contributed by atoms with Crippen molar-refractivity contribution in [3.8, 4) is 56.5 Å². The Labute approximate surface area is 232 Å². The highest BCUT2D eigenvalue weighted by molar-refractivity contribution is 5.95. The zero-order valence-electron chi connectivity index (χ0n) is 21.6. The lowest BCUT2D eigenvalue weighted by atomic mass is 10.0. The van der Waals surface area contributed by atoms with Gasteiger partial charge >= 0.3 is 0 Å². The van der Waals surface area contributed by atoms with Crippen molar-refractivity contribution in [1.29, 1.82) is 0 Å². The lowest BCUT2D eigenvalue weighted by Gasteiger charge is -2.11. The molecule has 0 aliphatic heterocycles. The molecule has 0 saturated carbocycles. The van der Waals surface area contributed by atoms with Crippen LogP contribution in [0.5, 0.6) is 0 Å². The summed E-state index contributed by atoms with van der Waals surface area (Å²) in [5, 5.41) is 2.27. The van der Waals surface area contributed by atoms with E-state index in [0.717, 1.165) is 44.3 Å². The summed E-state index contributed by atoms with van der Waals surface area (Å²) >= 11 is 0. The minimum atomic E-state index is 0.623. The second-order valence-electron chi connectivity index (χ2n) is 9.58. The van der Waals surface area contributed by atoms with Crippen molar-refractivity contribution < 1.29 is 0 Å². The van der Waals surface area contributed by atoms with E-state index >= 15 is 0 Å². The number of aromatic nitrogens is 4. The van der Waals surface area contributed by atoms with Crippen molar-refractivity contribution in [3.05, 3.63) is 146 Å². The van der Waals surface area contributed by atoms with Crippen LogP contribution in [0.3, 0.4) is 0 Å². The van der Waals surface area contributed by atoms with Gasteiger partial charge in [-0.15, -0.1) is 0 Å². The summed E-state index contributed by atoms with van der Waals surface area (Å²) in [7, 11) is 0. The summed E-state index contributed by atoms with van der Waals surface area (Å²) < 4.78 is 0. The van der Waals surface area contributed by atoms with Crippen LogP contribution in [0.4, 0.5) is 0 Å². The van der Waals surface area contributed by atoms with Crippen molar-refractivity contribution in [2.45, 2.75) is 0 Å². The molecule has 0 bridgehead atoms. The van der Waals surface area contributed by atoms with Crippen molar-refractivity contribution >= 4 is 10.8 Å². The van der Waals surface area contributed by atoms with Crippen LogP contribution in [0, 0.1) is 0 Å². The van der Waals surface area contributed by atoms with Gasteiger partial charge < -0.3 is 0 Å². The molecule has 188 valence electrons. The largest absolute Gasteiger partial charge is 0.256 e. The van der Waals surface area contributed by atoms with Crippen molar-refractivity contribution in [3.63, 3.8) is 0 Å². The molecule has 5 aromatic carbocycles. The van der Waals surface area contributed by atoms with E-state index in [4.69, 9.17) is 19.9 Å². The van der Waals surface area contributed by atoms with Gasteiger partial charge in [0.1, 0.15) is 0 Å².